The maximum Gasteiger partial charge on any atom is 0.238 e. The quantitative estimate of drug-likeness (QED) is 0.665. The van der Waals surface area contributed by atoms with Crippen molar-refractivity contribution in [3.05, 3.63) is 48.0 Å². The number of nitrogens with one attached hydrogen (secondary N) is 1. The molecule has 0 fully saturated rings. The summed E-state index contributed by atoms with van der Waals surface area (Å²) in [7, 11) is 3.57. The van der Waals surface area contributed by atoms with Crippen LogP contribution in [0.15, 0.2) is 42.5 Å². The Kier molecular flexibility index (Phi) is 8.14. The summed E-state index contributed by atoms with van der Waals surface area (Å²) in [6.45, 7) is 7.17. The number of anilines is 1. The molecular formula is C22H30N2O4. The SMILES string of the molecule is CCOc1ccc(OCC)c(NC(=O)CN(C)C(C)c2ccccc2OC)c1. The Bertz CT molecular complexity index is 779. The molecule has 6 nitrogen and oxygen atoms in total. The third-order valence-corrected chi connectivity index (χ3v) is 4.48. The summed E-state index contributed by atoms with van der Waals surface area (Å²) in [5.41, 5.74) is 1.64. The molecule has 0 aliphatic heterocycles. The summed E-state index contributed by atoms with van der Waals surface area (Å²) < 4.78 is 16.6. The van der Waals surface area contributed by atoms with Crippen LogP contribution in [-0.4, -0.2) is 44.7 Å². The lowest BCUT2D eigenvalue weighted by atomic mass is 10.1. The van der Waals surface area contributed by atoms with Crippen molar-refractivity contribution in [2.24, 2.45) is 0 Å². The zero-order chi connectivity index (χ0) is 20.5. The van der Waals surface area contributed by atoms with Gasteiger partial charge in [-0.05, 0) is 46.0 Å². The summed E-state index contributed by atoms with van der Waals surface area (Å²) >= 11 is 0. The minimum atomic E-state index is -0.126. The van der Waals surface area contributed by atoms with Crippen LogP contribution in [0.1, 0.15) is 32.4 Å². The van der Waals surface area contributed by atoms with Gasteiger partial charge in [0, 0.05) is 17.7 Å². The van der Waals surface area contributed by atoms with Crippen LogP contribution >= 0.6 is 0 Å². The Morgan fingerprint density at radius 2 is 1.79 bits per heavy atom. The number of amides is 1. The van der Waals surface area contributed by atoms with E-state index in [9.17, 15) is 4.79 Å². The van der Waals surface area contributed by atoms with Gasteiger partial charge in [-0.2, -0.15) is 0 Å². The predicted octanol–water partition coefficient (Wildman–Crippen LogP) is 4.12. The summed E-state index contributed by atoms with van der Waals surface area (Å²) in [4.78, 5) is 14.6. The van der Waals surface area contributed by atoms with Crippen molar-refractivity contribution < 1.29 is 19.0 Å². The molecule has 0 saturated heterocycles. The molecule has 152 valence electrons. The van der Waals surface area contributed by atoms with Gasteiger partial charge in [0.1, 0.15) is 17.2 Å². The fourth-order valence-electron chi connectivity index (χ4n) is 2.95. The van der Waals surface area contributed by atoms with Crippen molar-refractivity contribution >= 4 is 11.6 Å². The minimum Gasteiger partial charge on any atom is -0.496 e. The predicted molar refractivity (Wildman–Crippen MR) is 111 cm³/mol. The number of rotatable bonds is 10. The molecule has 0 aliphatic carbocycles. The second-order valence-corrected chi connectivity index (χ2v) is 6.41. The van der Waals surface area contributed by atoms with Crippen molar-refractivity contribution in [2.45, 2.75) is 26.8 Å². The van der Waals surface area contributed by atoms with Gasteiger partial charge >= 0.3 is 0 Å². The molecular weight excluding hydrogens is 356 g/mol. The Morgan fingerprint density at radius 1 is 1.07 bits per heavy atom. The molecule has 0 radical (unpaired) electrons. The van der Waals surface area contributed by atoms with E-state index < -0.39 is 0 Å². The van der Waals surface area contributed by atoms with E-state index in [1.165, 1.54) is 0 Å². The smallest absolute Gasteiger partial charge is 0.238 e. The van der Waals surface area contributed by atoms with Gasteiger partial charge < -0.3 is 19.5 Å². The Morgan fingerprint density at radius 3 is 2.46 bits per heavy atom. The van der Waals surface area contributed by atoms with E-state index >= 15 is 0 Å². The van der Waals surface area contributed by atoms with Gasteiger partial charge in [0.2, 0.25) is 5.91 Å². The zero-order valence-corrected chi connectivity index (χ0v) is 17.3. The standard InChI is InChI=1S/C22H30N2O4/c1-6-27-17-12-13-21(28-7-2)19(14-17)23-22(25)15-24(4)16(3)18-10-8-9-11-20(18)26-5/h8-14,16H,6-7,15H2,1-5H3,(H,23,25). The van der Waals surface area contributed by atoms with Gasteiger partial charge in [0.25, 0.3) is 0 Å². The van der Waals surface area contributed by atoms with Crippen LogP contribution in [0.2, 0.25) is 0 Å². The molecule has 0 heterocycles. The molecule has 2 aromatic carbocycles. The fraction of sp³-hybridized carbons (Fsp3) is 0.409. The monoisotopic (exact) mass is 386 g/mol. The third kappa shape index (κ3) is 5.63. The van der Waals surface area contributed by atoms with Gasteiger partial charge in [-0.1, -0.05) is 18.2 Å². The van der Waals surface area contributed by atoms with Gasteiger partial charge in [-0.3, -0.25) is 9.69 Å². The Labute approximate surface area is 167 Å². The molecule has 28 heavy (non-hydrogen) atoms. The molecule has 0 saturated carbocycles. The van der Waals surface area contributed by atoms with Gasteiger partial charge in [-0.15, -0.1) is 0 Å². The topological polar surface area (TPSA) is 60.0 Å². The minimum absolute atomic E-state index is 0.0167. The van der Waals surface area contributed by atoms with Crippen LogP contribution in [-0.2, 0) is 4.79 Å². The Balaban J connectivity index is 2.09. The van der Waals surface area contributed by atoms with Crippen molar-refractivity contribution in [3.63, 3.8) is 0 Å². The van der Waals surface area contributed by atoms with Crippen LogP contribution in [0.5, 0.6) is 17.2 Å². The molecule has 2 aromatic rings. The van der Waals surface area contributed by atoms with Gasteiger partial charge in [0.05, 0.1) is 32.6 Å². The van der Waals surface area contributed by atoms with Gasteiger partial charge in [0.15, 0.2) is 0 Å². The first-order chi connectivity index (χ1) is 13.5. The van der Waals surface area contributed by atoms with E-state index in [1.807, 2.05) is 69.1 Å². The average molecular weight is 386 g/mol. The third-order valence-electron chi connectivity index (χ3n) is 4.48. The van der Waals surface area contributed by atoms with Gasteiger partial charge in [-0.25, -0.2) is 0 Å². The molecule has 0 aliphatic rings. The first-order valence-corrected chi connectivity index (χ1v) is 9.52. The lowest BCUT2D eigenvalue weighted by Gasteiger charge is -2.26. The molecule has 1 N–H and O–H groups in total. The number of methoxy groups -OCH3 is 1. The van der Waals surface area contributed by atoms with Crippen LogP contribution in [0, 0.1) is 0 Å². The molecule has 1 amide bonds. The zero-order valence-electron chi connectivity index (χ0n) is 17.3. The fourth-order valence-corrected chi connectivity index (χ4v) is 2.95. The summed E-state index contributed by atoms with van der Waals surface area (Å²) in [5.74, 6) is 2.00. The summed E-state index contributed by atoms with van der Waals surface area (Å²) in [6, 6.07) is 13.3. The highest BCUT2D eigenvalue weighted by Crippen LogP contribution is 2.30. The number of likely N-dealkylation sites (N-methyl/N-ethyl adjacent to an activating group) is 1. The lowest BCUT2D eigenvalue weighted by molar-refractivity contribution is -0.117. The number of nitrogens with zero attached hydrogens (tertiary/aromatic N) is 1. The maximum absolute atomic E-state index is 12.7. The second kappa shape index (κ2) is 10.6. The van der Waals surface area contributed by atoms with E-state index in [0.717, 1.165) is 11.3 Å². The number of hydrogen-bond acceptors (Lipinski definition) is 5. The summed E-state index contributed by atoms with van der Waals surface area (Å²) in [5, 5.41) is 2.94. The van der Waals surface area contributed by atoms with E-state index in [0.29, 0.717) is 30.4 Å². The van der Waals surface area contributed by atoms with E-state index in [-0.39, 0.29) is 18.5 Å². The highest BCUT2D eigenvalue weighted by atomic mass is 16.5. The molecule has 0 spiro atoms. The van der Waals surface area contributed by atoms with Crippen LogP contribution in [0.25, 0.3) is 0 Å². The van der Waals surface area contributed by atoms with E-state index in [1.54, 1.807) is 13.2 Å². The highest BCUT2D eigenvalue weighted by Gasteiger charge is 2.19. The normalized spacial score (nSPS) is 11.8. The molecule has 0 aromatic heterocycles. The first-order valence-electron chi connectivity index (χ1n) is 9.52. The first kappa shape index (κ1) is 21.6. The average Bonchev–Trinajstić information content (AvgIpc) is 2.69. The number of ether oxygens (including phenoxy) is 3. The second-order valence-electron chi connectivity index (χ2n) is 6.41. The number of carbonyl (C=O) groups is 1. The molecule has 6 heteroatoms. The number of hydrogen-bond donors (Lipinski definition) is 1. The Hall–Kier alpha value is -2.73. The molecule has 1 atom stereocenters. The van der Waals surface area contributed by atoms with Crippen molar-refractivity contribution in [1.29, 1.82) is 0 Å². The van der Waals surface area contributed by atoms with Crippen molar-refractivity contribution in [3.8, 4) is 17.2 Å². The van der Waals surface area contributed by atoms with E-state index in [4.69, 9.17) is 14.2 Å². The highest BCUT2D eigenvalue weighted by molar-refractivity contribution is 5.94. The van der Waals surface area contributed by atoms with Crippen LogP contribution < -0.4 is 19.5 Å². The molecule has 0 bridgehead atoms. The van der Waals surface area contributed by atoms with Crippen molar-refractivity contribution in [2.75, 3.05) is 39.2 Å². The number of carbonyl (C=O) groups excluding carboxylic acids is 1. The number of para-hydroxylation sites is 1. The maximum atomic E-state index is 12.7. The van der Waals surface area contributed by atoms with E-state index in [2.05, 4.69) is 5.32 Å². The molecule has 2 rings (SSSR count). The number of benzene rings is 2. The van der Waals surface area contributed by atoms with Crippen LogP contribution in [0.4, 0.5) is 5.69 Å². The van der Waals surface area contributed by atoms with Crippen molar-refractivity contribution in [1.82, 2.24) is 4.90 Å². The largest absolute Gasteiger partial charge is 0.496 e. The molecule has 1 unspecified atom stereocenters. The summed E-state index contributed by atoms with van der Waals surface area (Å²) in [6.07, 6.45) is 0. The van der Waals surface area contributed by atoms with Crippen LogP contribution in [0.3, 0.4) is 0 Å². The lowest BCUT2D eigenvalue weighted by Crippen LogP contribution is -2.32.